The Labute approximate surface area is 105 Å². The summed E-state index contributed by atoms with van der Waals surface area (Å²) in [5.74, 6) is 0.772. The number of piperidine rings is 1. The van der Waals surface area contributed by atoms with Crippen LogP contribution < -0.4 is 10.2 Å². The lowest BCUT2D eigenvalue weighted by molar-refractivity contribution is 0.287. The standard InChI is InChI=1S/C15H24N2/c1-15(2)10-9-13(11-16-3)12-17(15)14-7-5-4-6-8-14/h4-8,13,16H,9-12H2,1-3H3. The minimum absolute atomic E-state index is 0.283. The van der Waals surface area contributed by atoms with Crippen molar-refractivity contribution in [3.8, 4) is 0 Å². The number of benzene rings is 1. The van der Waals surface area contributed by atoms with Gasteiger partial charge in [0, 0.05) is 17.8 Å². The second-order valence-corrected chi connectivity index (χ2v) is 5.72. The molecule has 1 fully saturated rings. The molecule has 1 unspecified atom stereocenters. The van der Waals surface area contributed by atoms with Gasteiger partial charge < -0.3 is 10.2 Å². The Morgan fingerprint density at radius 1 is 1.29 bits per heavy atom. The highest BCUT2D eigenvalue weighted by Crippen LogP contribution is 2.34. The van der Waals surface area contributed by atoms with Crippen molar-refractivity contribution in [2.24, 2.45) is 5.92 Å². The minimum Gasteiger partial charge on any atom is -0.366 e. The number of nitrogens with zero attached hydrogens (tertiary/aromatic N) is 1. The molecule has 1 N–H and O–H groups in total. The van der Waals surface area contributed by atoms with Gasteiger partial charge in [0.2, 0.25) is 0 Å². The Balaban J connectivity index is 2.16. The zero-order valence-corrected chi connectivity index (χ0v) is 11.2. The Morgan fingerprint density at radius 2 is 2.00 bits per heavy atom. The molecule has 0 bridgehead atoms. The van der Waals surface area contributed by atoms with Crippen molar-refractivity contribution in [1.29, 1.82) is 0 Å². The number of nitrogens with one attached hydrogen (secondary N) is 1. The highest BCUT2D eigenvalue weighted by atomic mass is 15.2. The topological polar surface area (TPSA) is 15.3 Å². The van der Waals surface area contributed by atoms with Crippen LogP contribution in [0.3, 0.4) is 0 Å². The maximum atomic E-state index is 3.31. The summed E-state index contributed by atoms with van der Waals surface area (Å²) < 4.78 is 0. The predicted octanol–water partition coefficient (Wildman–Crippen LogP) is 2.90. The molecule has 0 radical (unpaired) electrons. The fourth-order valence-electron chi connectivity index (χ4n) is 2.81. The summed E-state index contributed by atoms with van der Waals surface area (Å²) >= 11 is 0. The first kappa shape index (κ1) is 12.4. The lowest BCUT2D eigenvalue weighted by Crippen LogP contribution is -2.52. The van der Waals surface area contributed by atoms with Gasteiger partial charge in [0.15, 0.2) is 0 Å². The van der Waals surface area contributed by atoms with Crippen LogP contribution in [-0.4, -0.2) is 25.7 Å². The predicted molar refractivity (Wildman–Crippen MR) is 74.5 cm³/mol. The molecule has 1 saturated heterocycles. The fourth-order valence-corrected chi connectivity index (χ4v) is 2.81. The van der Waals surface area contributed by atoms with Gasteiger partial charge in [0.1, 0.15) is 0 Å². The van der Waals surface area contributed by atoms with E-state index in [2.05, 4.69) is 54.4 Å². The third-order valence-corrected chi connectivity index (χ3v) is 3.90. The van der Waals surface area contributed by atoms with E-state index in [-0.39, 0.29) is 5.54 Å². The van der Waals surface area contributed by atoms with Crippen molar-refractivity contribution in [2.45, 2.75) is 32.2 Å². The smallest absolute Gasteiger partial charge is 0.0370 e. The van der Waals surface area contributed by atoms with Crippen molar-refractivity contribution in [3.63, 3.8) is 0 Å². The summed E-state index contributed by atoms with van der Waals surface area (Å²) in [5.41, 5.74) is 1.64. The van der Waals surface area contributed by atoms with Crippen molar-refractivity contribution in [3.05, 3.63) is 30.3 Å². The minimum atomic E-state index is 0.283. The van der Waals surface area contributed by atoms with Crippen molar-refractivity contribution in [2.75, 3.05) is 25.0 Å². The summed E-state index contributed by atoms with van der Waals surface area (Å²) in [5, 5.41) is 3.31. The molecule has 1 heterocycles. The number of hydrogen-bond acceptors (Lipinski definition) is 2. The highest BCUT2D eigenvalue weighted by Gasteiger charge is 2.33. The van der Waals surface area contributed by atoms with Crippen LogP contribution in [0.4, 0.5) is 5.69 Å². The van der Waals surface area contributed by atoms with E-state index in [1.54, 1.807) is 0 Å². The highest BCUT2D eigenvalue weighted by molar-refractivity contribution is 5.49. The summed E-state index contributed by atoms with van der Waals surface area (Å²) in [6, 6.07) is 10.8. The van der Waals surface area contributed by atoms with E-state index in [0.717, 1.165) is 19.0 Å². The maximum absolute atomic E-state index is 3.31. The van der Waals surface area contributed by atoms with E-state index in [1.165, 1.54) is 18.5 Å². The van der Waals surface area contributed by atoms with Crippen molar-refractivity contribution >= 4 is 5.69 Å². The van der Waals surface area contributed by atoms with E-state index in [1.807, 2.05) is 7.05 Å². The molecule has 0 aliphatic carbocycles. The van der Waals surface area contributed by atoms with Gasteiger partial charge in [-0.15, -0.1) is 0 Å². The van der Waals surface area contributed by atoms with Crippen LogP contribution >= 0.6 is 0 Å². The first-order chi connectivity index (χ1) is 8.13. The van der Waals surface area contributed by atoms with Crippen molar-refractivity contribution < 1.29 is 0 Å². The Hall–Kier alpha value is -1.02. The normalized spacial score (nSPS) is 23.7. The Kier molecular flexibility index (Phi) is 3.72. The quantitative estimate of drug-likeness (QED) is 0.862. The molecule has 1 aromatic carbocycles. The van der Waals surface area contributed by atoms with Crippen LogP contribution in [0.5, 0.6) is 0 Å². The third kappa shape index (κ3) is 2.81. The molecule has 1 atom stereocenters. The van der Waals surface area contributed by atoms with Crippen LogP contribution in [0.2, 0.25) is 0 Å². The van der Waals surface area contributed by atoms with E-state index in [0.29, 0.717) is 0 Å². The zero-order chi connectivity index (χ0) is 12.3. The maximum Gasteiger partial charge on any atom is 0.0370 e. The van der Waals surface area contributed by atoms with Crippen LogP contribution in [-0.2, 0) is 0 Å². The van der Waals surface area contributed by atoms with Gasteiger partial charge in [-0.25, -0.2) is 0 Å². The number of rotatable bonds is 3. The largest absolute Gasteiger partial charge is 0.366 e. The van der Waals surface area contributed by atoms with Gasteiger partial charge >= 0.3 is 0 Å². The first-order valence-corrected chi connectivity index (χ1v) is 6.61. The van der Waals surface area contributed by atoms with Crippen LogP contribution in [0.25, 0.3) is 0 Å². The summed E-state index contributed by atoms with van der Waals surface area (Å²) in [4.78, 5) is 2.57. The SMILES string of the molecule is CNCC1CCC(C)(C)N(c2ccccc2)C1. The van der Waals surface area contributed by atoms with Gasteiger partial charge in [-0.05, 0) is 58.3 Å². The van der Waals surface area contributed by atoms with Gasteiger partial charge in [-0.1, -0.05) is 18.2 Å². The van der Waals surface area contributed by atoms with Gasteiger partial charge in [-0.2, -0.15) is 0 Å². The van der Waals surface area contributed by atoms with E-state index >= 15 is 0 Å². The van der Waals surface area contributed by atoms with E-state index in [4.69, 9.17) is 0 Å². The Morgan fingerprint density at radius 3 is 2.65 bits per heavy atom. The lowest BCUT2D eigenvalue weighted by Gasteiger charge is -2.47. The van der Waals surface area contributed by atoms with E-state index < -0.39 is 0 Å². The average Bonchev–Trinajstić information content (AvgIpc) is 2.33. The second kappa shape index (κ2) is 5.09. The monoisotopic (exact) mass is 232 g/mol. The molecule has 17 heavy (non-hydrogen) atoms. The van der Waals surface area contributed by atoms with Crippen LogP contribution in [0.15, 0.2) is 30.3 Å². The van der Waals surface area contributed by atoms with Crippen molar-refractivity contribution in [1.82, 2.24) is 5.32 Å². The zero-order valence-electron chi connectivity index (χ0n) is 11.2. The fraction of sp³-hybridized carbons (Fsp3) is 0.600. The van der Waals surface area contributed by atoms with E-state index in [9.17, 15) is 0 Å². The lowest BCUT2D eigenvalue weighted by atomic mass is 9.84. The van der Waals surface area contributed by atoms with Crippen LogP contribution in [0.1, 0.15) is 26.7 Å². The molecule has 1 aromatic rings. The average molecular weight is 232 g/mol. The van der Waals surface area contributed by atoms with Crippen LogP contribution in [0, 0.1) is 5.92 Å². The molecule has 94 valence electrons. The molecule has 2 rings (SSSR count). The van der Waals surface area contributed by atoms with Gasteiger partial charge in [-0.3, -0.25) is 0 Å². The summed E-state index contributed by atoms with van der Waals surface area (Å²) in [6.45, 7) is 7.00. The number of anilines is 1. The molecule has 1 aliphatic heterocycles. The molecule has 2 heteroatoms. The van der Waals surface area contributed by atoms with Gasteiger partial charge in [0.25, 0.3) is 0 Å². The third-order valence-electron chi connectivity index (χ3n) is 3.90. The molecule has 0 aromatic heterocycles. The first-order valence-electron chi connectivity index (χ1n) is 6.61. The number of para-hydroxylation sites is 1. The summed E-state index contributed by atoms with van der Waals surface area (Å²) in [6.07, 6.45) is 2.60. The molecule has 0 amide bonds. The second-order valence-electron chi connectivity index (χ2n) is 5.72. The molecule has 0 saturated carbocycles. The molecule has 2 nitrogen and oxygen atoms in total. The molecule has 0 spiro atoms. The Bertz CT molecular complexity index is 345. The number of hydrogen-bond donors (Lipinski definition) is 1. The molecular formula is C15H24N2. The molecule has 1 aliphatic rings. The summed E-state index contributed by atoms with van der Waals surface area (Å²) in [7, 11) is 2.05. The molecular weight excluding hydrogens is 208 g/mol. The van der Waals surface area contributed by atoms with Gasteiger partial charge in [0.05, 0.1) is 0 Å².